The zero-order chi connectivity index (χ0) is 12.9. The number of hydrogen-bond acceptors (Lipinski definition) is 3. The molecule has 1 aromatic carbocycles. The number of nitrogens with one attached hydrogen (secondary N) is 1. The van der Waals surface area contributed by atoms with Crippen molar-refractivity contribution < 1.29 is 9.84 Å². The number of rotatable bonds is 5. The smallest absolute Gasteiger partial charge is 0.119 e. The lowest BCUT2D eigenvalue weighted by atomic mass is 9.87. The lowest BCUT2D eigenvalue weighted by Gasteiger charge is -2.20. The number of aliphatic hydroxyl groups excluding tert-OH is 1. The summed E-state index contributed by atoms with van der Waals surface area (Å²) in [4.78, 5) is 0. The highest BCUT2D eigenvalue weighted by atomic mass is 16.5. The van der Waals surface area contributed by atoms with Gasteiger partial charge in [-0.2, -0.15) is 0 Å². The van der Waals surface area contributed by atoms with Crippen LogP contribution < -0.4 is 10.1 Å². The summed E-state index contributed by atoms with van der Waals surface area (Å²) in [6.07, 6.45) is 0. The summed E-state index contributed by atoms with van der Waals surface area (Å²) >= 11 is 0. The lowest BCUT2D eigenvalue weighted by molar-refractivity contribution is 0.188. The summed E-state index contributed by atoms with van der Waals surface area (Å²) in [5.41, 5.74) is 1.37. The van der Waals surface area contributed by atoms with E-state index in [9.17, 15) is 0 Å². The molecular weight excluding hydrogens is 214 g/mol. The summed E-state index contributed by atoms with van der Waals surface area (Å²) in [5.74, 6) is 0.853. The van der Waals surface area contributed by atoms with Gasteiger partial charge in [0.05, 0.1) is 12.6 Å². The minimum absolute atomic E-state index is 0.0201. The molecule has 3 heteroatoms. The van der Waals surface area contributed by atoms with Crippen LogP contribution in [0.3, 0.4) is 0 Å². The quantitative estimate of drug-likeness (QED) is 0.822. The average Bonchev–Trinajstić information content (AvgIpc) is 2.30. The first-order valence-corrected chi connectivity index (χ1v) is 5.99. The summed E-state index contributed by atoms with van der Waals surface area (Å²) in [7, 11) is 1.82. The van der Waals surface area contributed by atoms with Crippen LogP contribution in [0.1, 0.15) is 26.3 Å². The summed E-state index contributed by atoms with van der Waals surface area (Å²) in [6, 6.07) is 8.09. The van der Waals surface area contributed by atoms with E-state index < -0.39 is 0 Å². The first-order valence-electron chi connectivity index (χ1n) is 5.99. The van der Waals surface area contributed by atoms with Gasteiger partial charge in [-0.1, -0.05) is 32.9 Å². The van der Waals surface area contributed by atoms with Gasteiger partial charge in [0, 0.05) is 0 Å². The van der Waals surface area contributed by atoms with Crippen LogP contribution in [0.25, 0.3) is 0 Å². The van der Waals surface area contributed by atoms with Gasteiger partial charge in [0.1, 0.15) is 12.4 Å². The molecular formula is C14H23NO2. The number of aliphatic hydroxyl groups is 1. The van der Waals surface area contributed by atoms with E-state index >= 15 is 0 Å². The van der Waals surface area contributed by atoms with E-state index in [1.54, 1.807) is 0 Å². The fourth-order valence-corrected chi connectivity index (χ4v) is 1.48. The van der Waals surface area contributed by atoms with Crippen LogP contribution >= 0.6 is 0 Å². The molecule has 0 spiro atoms. The van der Waals surface area contributed by atoms with Crippen LogP contribution in [0.4, 0.5) is 0 Å². The first kappa shape index (κ1) is 14.0. The monoisotopic (exact) mass is 237 g/mol. The van der Waals surface area contributed by atoms with Crippen molar-refractivity contribution in [1.82, 2.24) is 5.32 Å². The van der Waals surface area contributed by atoms with E-state index in [-0.39, 0.29) is 18.1 Å². The summed E-state index contributed by atoms with van der Waals surface area (Å²) < 4.78 is 5.66. The molecule has 0 saturated carbocycles. The van der Waals surface area contributed by atoms with Crippen molar-refractivity contribution in [2.75, 3.05) is 20.3 Å². The highest BCUT2D eigenvalue weighted by molar-refractivity contribution is 5.32. The van der Waals surface area contributed by atoms with E-state index in [2.05, 4.69) is 38.2 Å². The molecule has 1 atom stereocenters. The van der Waals surface area contributed by atoms with E-state index in [1.165, 1.54) is 5.56 Å². The number of hydrogen-bond donors (Lipinski definition) is 2. The Hall–Kier alpha value is -1.06. The molecule has 2 N–H and O–H groups in total. The van der Waals surface area contributed by atoms with Crippen molar-refractivity contribution >= 4 is 0 Å². The van der Waals surface area contributed by atoms with Gasteiger partial charge >= 0.3 is 0 Å². The van der Waals surface area contributed by atoms with Crippen LogP contribution in [-0.2, 0) is 5.41 Å². The van der Waals surface area contributed by atoms with E-state index in [1.807, 2.05) is 19.2 Å². The highest BCUT2D eigenvalue weighted by Crippen LogP contribution is 2.25. The van der Waals surface area contributed by atoms with Crippen molar-refractivity contribution in [2.24, 2.45) is 0 Å². The molecule has 0 aliphatic rings. The first-order chi connectivity index (χ1) is 7.97. The molecule has 0 aliphatic heterocycles. The van der Waals surface area contributed by atoms with Crippen LogP contribution in [0, 0.1) is 0 Å². The lowest BCUT2D eigenvalue weighted by Crippen LogP contribution is -2.35. The third-order valence-electron chi connectivity index (χ3n) is 2.78. The van der Waals surface area contributed by atoms with E-state index in [0.29, 0.717) is 6.61 Å². The third-order valence-corrected chi connectivity index (χ3v) is 2.78. The van der Waals surface area contributed by atoms with Crippen LogP contribution in [0.15, 0.2) is 24.3 Å². The van der Waals surface area contributed by atoms with Gasteiger partial charge in [0.2, 0.25) is 0 Å². The van der Waals surface area contributed by atoms with Gasteiger partial charge in [-0.15, -0.1) is 0 Å². The molecule has 0 radical (unpaired) electrons. The standard InChI is InChI=1S/C14H23NO2/c1-14(2,3)11-6-5-7-13(8-11)17-10-12(9-16)15-4/h5-8,12,15-16H,9-10H2,1-4H3. The van der Waals surface area contributed by atoms with Crippen molar-refractivity contribution in [3.63, 3.8) is 0 Å². The van der Waals surface area contributed by atoms with E-state index in [4.69, 9.17) is 9.84 Å². The Labute approximate surface area is 104 Å². The Kier molecular flexibility index (Phi) is 4.97. The molecule has 0 aromatic heterocycles. The number of ether oxygens (including phenoxy) is 1. The molecule has 0 fully saturated rings. The normalized spacial score (nSPS) is 13.5. The highest BCUT2D eigenvalue weighted by Gasteiger charge is 2.14. The summed E-state index contributed by atoms with van der Waals surface area (Å²) in [6.45, 7) is 7.08. The minimum atomic E-state index is -0.0201. The molecule has 0 amide bonds. The largest absolute Gasteiger partial charge is 0.492 e. The molecule has 1 aromatic rings. The fourth-order valence-electron chi connectivity index (χ4n) is 1.48. The molecule has 96 valence electrons. The minimum Gasteiger partial charge on any atom is -0.492 e. The number of benzene rings is 1. The zero-order valence-electron chi connectivity index (χ0n) is 11.2. The van der Waals surface area contributed by atoms with Gasteiger partial charge in [0.15, 0.2) is 0 Å². The average molecular weight is 237 g/mol. The molecule has 1 unspecified atom stereocenters. The molecule has 0 aliphatic carbocycles. The summed E-state index contributed by atoms with van der Waals surface area (Å²) in [5, 5.41) is 12.0. The van der Waals surface area contributed by atoms with Crippen LogP contribution in [-0.4, -0.2) is 31.4 Å². The van der Waals surface area contributed by atoms with Gasteiger partial charge in [-0.25, -0.2) is 0 Å². The Bertz CT molecular complexity index is 340. The van der Waals surface area contributed by atoms with E-state index in [0.717, 1.165) is 5.75 Å². The van der Waals surface area contributed by atoms with Gasteiger partial charge < -0.3 is 15.2 Å². The van der Waals surface area contributed by atoms with Crippen LogP contribution in [0.2, 0.25) is 0 Å². The molecule has 0 heterocycles. The van der Waals surface area contributed by atoms with Crippen molar-refractivity contribution in [3.8, 4) is 5.75 Å². The maximum atomic E-state index is 9.05. The Balaban J connectivity index is 2.66. The van der Waals surface area contributed by atoms with Gasteiger partial charge in [0.25, 0.3) is 0 Å². The SMILES string of the molecule is CNC(CO)COc1cccc(C(C)(C)C)c1. The second-order valence-corrected chi connectivity index (χ2v) is 5.26. The zero-order valence-corrected chi connectivity index (χ0v) is 11.2. The topological polar surface area (TPSA) is 41.5 Å². The second-order valence-electron chi connectivity index (χ2n) is 5.26. The fraction of sp³-hybridized carbons (Fsp3) is 0.571. The van der Waals surface area contributed by atoms with Gasteiger partial charge in [-0.3, -0.25) is 0 Å². The predicted molar refractivity (Wildman–Crippen MR) is 70.6 cm³/mol. The third kappa shape index (κ3) is 4.36. The molecule has 3 nitrogen and oxygen atoms in total. The second kappa shape index (κ2) is 6.03. The molecule has 0 saturated heterocycles. The Morgan fingerprint density at radius 2 is 2.06 bits per heavy atom. The van der Waals surface area contributed by atoms with Crippen LogP contribution in [0.5, 0.6) is 5.75 Å². The Morgan fingerprint density at radius 1 is 1.35 bits per heavy atom. The molecule has 17 heavy (non-hydrogen) atoms. The molecule has 1 rings (SSSR count). The maximum Gasteiger partial charge on any atom is 0.119 e. The predicted octanol–water partition coefficient (Wildman–Crippen LogP) is 1.94. The number of likely N-dealkylation sites (N-methyl/N-ethyl adjacent to an activating group) is 1. The maximum absolute atomic E-state index is 9.05. The van der Waals surface area contributed by atoms with Crippen molar-refractivity contribution in [1.29, 1.82) is 0 Å². The Morgan fingerprint density at radius 3 is 2.59 bits per heavy atom. The van der Waals surface area contributed by atoms with Gasteiger partial charge in [-0.05, 0) is 30.2 Å². The van der Waals surface area contributed by atoms with Crippen molar-refractivity contribution in [3.05, 3.63) is 29.8 Å². The van der Waals surface area contributed by atoms with Crippen molar-refractivity contribution in [2.45, 2.75) is 32.2 Å². The molecule has 0 bridgehead atoms.